The minimum Gasteiger partial charge on any atom is -0.462 e. The molecule has 4 nitrogen and oxygen atoms in total. The van der Waals surface area contributed by atoms with Gasteiger partial charge in [-0.05, 0) is 23.8 Å². The fourth-order valence-electron chi connectivity index (χ4n) is 6.92. The second-order valence-electron chi connectivity index (χ2n) is 11.7. The summed E-state index contributed by atoms with van der Waals surface area (Å²) in [5, 5.41) is 0. The number of rotatable bonds is 8. The van der Waals surface area contributed by atoms with Crippen LogP contribution in [0, 0.1) is 0 Å². The molecule has 0 bridgehead atoms. The molecule has 0 saturated heterocycles. The normalized spacial score (nSPS) is 12.3. The van der Waals surface area contributed by atoms with Crippen molar-refractivity contribution in [2.24, 2.45) is 0 Å². The van der Waals surface area contributed by atoms with Crippen molar-refractivity contribution in [3.63, 3.8) is 0 Å². The highest BCUT2D eigenvalue weighted by Crippen LogP contribution is 2.28. The highest BCUT2D eigenvalue weighted by Gasteiger charge is 2.32. The molecule has 0 atom stereocenters. The molecular weight excluding hydrogens is 567 g/mol. The molecule has 46 heavy (non-hydrogen) atoms. The second-order valence-corrected chi connectivity index (χ2v) is 11.7. The van der Waals surface area contributed by atoms with Gasteiger partial charge in [0.1, 0.15) is 6.15 Å². The summed E-state index contributed by atoms with van der Waals surface area (Å²) >= 11 is 0. The minimum absolute atomic E-state index is 0.178. The molecule has 0 saturated carbocycles. The van der Waals surface area contributed by atoms with Gasteiger partial charge in [0, 0.05) is 28.7 Å². The van der Waals surface area contributed by atoms with E-state index in [-0.39, 0.29) is 29.3 Å². The lowest BCUT2D eigenvalue weighted by Crippen LogP contribution is -2.74. The Balaban J connectivity index is 1.12. The molecule has 0 radical (unpaired) electrons. The molecule has 0 spiro atoms. The number of carbonyl (C=O) groups excluding carboxylic acids is 3. The van der Waals surface area contributed by atoms with Gasteiger partial charge in [-0.3, -0.25) is 9.59 Å². The molecule has 0 N–H and O–H groups in total. The summed E-state index contributed by atoms with van der Waals surface area (Å²) in [4.78, 5) is 39.0. The van der Waals surface area contributed by atoms with Crippen LogP contribution in [0.25, 0.3) is 0 Å². The largest absolute Gasteiger partial charge is 0.462 e. The van der Waals surface area contributed by atoms with Crippen molar-refractivity contribution >= 4 is 45.5 Å². The number of benzene rings is 6. The zero-order chi connectivity index (χ0) is 31.5. The number of hydrogen-bond donors (Lipinski definition) is 0. The van der Waals surface area contributed by atoms with Crippen molar-refractivity contribution < 1.29 is 19.1 Å². The zero-order valence-corrected chi connectivity index (χ0v) is 25.1. The summed E-state index contributed by atoms with van der Waals surface area (Å²) in [6.45, 7) is 0.178. The third-order valence-electron chi connectivity index (χ3n) is 9.16. The number of carbonyl (C=O) groups is 3. The maximum Gasteiger partial charge on any atom is 0.338 e. The lowest BCUT2D eigenvalue weighted by atomic mass is 9.13. The van der Waals surface area contributed by atoms with Crippen LogP contribution in [0.1, 0.15) is 47.8 Å². The summed E-state index contributed by atoms with van der Waals surface area (Å²) in [7, 11) is 0. The van der Waals surface area contributed by atoms with E-state index in [9.17, 15) is 14.4 Å². The van der Waals surface area contributed by atoms with Crippen LogP contribution in [0.15, 0.2) is 158 Å². The first kappa shape index (κ1) is 28.9. The van der Waals surface area contributed by atoms with E-state index in [4.69, 9.17) is 4.74 Å². The van der Waals surface area contributed by atoms with Crippen LogP contribution in [0.2, 0.25) is 0 Å². The van der Waals surface area contributed by atoms with E-state index in [0.29, 0.717) is 23.1 Å². The van der Waals surface area contributed by atoms with E-state index in [2.05, 4.69) is 97.1 Å². The molecule has 5 heteroatoms. The van der Waals surface area contributed by atoms with Crippen molar-refractivity contribution in [1.29, 1.82) is 0 Å². The summed E-state index contributed by atoms with van der Waals surface area (Å²) in [6.07, 6.45) is -0.928. The van der Waals surface area contributed by atoms with E-state index >= 15 is 0 Å². The third-order valence-corrected chi connectivity index (χ3v) is 9.16. The first-order valence-electron chi connectivity index (χ1n) is 15.5. The fraction of sp³-hybridized carbons (Fsp3) is 0.0488. The molecule has 0 aromatic heterocycles. The standard InChI is InChI=1S/C41H30BO4/c43-39-35-18-10-11-19-36(35)40(44)38-28-30(22-25-37(38)39)41(45)46-27-26-29-20-23-34(24-21-29)42(31-12-4-1-5-13-31,32-14-6-2-7-15-32)33-16-8-3-9-17-33/h1-25,28H,26-27H2/q-1. The number of esters is 1. The van der Waals surface area contributed by atoms with Crippen LogP contribution in [-0.4, -0.2) is 30.3 Å². The first-order valence-corrected chi connectivity index (χ1v) is 15.5. The van der Waals surface area contributed by atoms with Crippen LogP contribution in [-0.2, 0) is 11.2 Å². The first-order chi connectivity index (χ1) is 22.6. The van der Waals surface area contributed by atoms with Crippen LogP contribution < -0.4 is 21.9 Å². The lowest BCUT2D eigenvalue weighted by Gasteiger charge is -2.44. The highest BCUT2D eigenvalue weighted by molar-refractivity contribution is 7.19. The maximum absolute atomic E-state index is 13.1. The van der Waals surface area contributed by atoms with E-state index in [1.54, 1.807) is 36.4 Å². The van der Waals surface area contributed by atoms with Crippen LogP contribution in [0.5, 0.6) is 0 Å². The van der Waals surface area contributed by atoms with Crippen LogP contribution >= 0.6 is 0 Å². The van der Waals surface area contributed by atoms with E-state index in [1.165, 1.54) is 27.9 Å². The van der Waals surface area contributed by atoms with Gasteiger partial charge in [0.15, 0.2) is 11.6 Å². The van der Waals surface area contributed by atoms with Crippen LogP contribution in [0.3, 0.4) is 0 Å². The van der Waals surface area contributed by atoms with Gasteiger partial charge in [0.25, 0.3) is 0 Å². The van der Waals surface area contributed by atoms with Crippen molar-refractivity contribution in [1.82, 2.24) is 0 Å². The Labute approximate surface area is 268 Å². The Morgan fingerprint density at radius 1 is 0.478 bits per heavy atom. The average molecular weight is 597 g/mol. The quantitative estimate of drug-likeness (QED) is 0.178. The van der Waals surface area contributed by atoms with Gasteiger partial charge in [-0.15, -0.1) is 0 Å². The Kier molecular flexibility index (Phi) is 7.73. The maximum atomic E-state index is 13.1. The van der Waals surface area contributed by atoms with Crippen molar-refractivity contribution in [2.45, 2.75) is 6.42 Å². The van der Waals surface area contributed by atoms with Gasteiger partial charge in [0.2, 0.25) is 0 Å². The van der Waals surface area contributed by atoms with Crippen molar-refractivity contribution in [3.8, 4) is 0 Å². The molecule has 0 aliphatic heterocycles. The predicted octanol–water partition coefficient (Wildman–Crippen LogP) is 5.24. The van der Waals surface area contributed by atoms with Crippen LogP contribution in [0.4, 0.5) is 0 Å². The molecule has 0 fully saturated rings. The van der Waals surface area contributed by atoms with Crippen molar-refractivity contribution in [3.05, 3.63) is 191 Å². The molecule has 6 aromatic carbocycles. The molecule has 0 heterocycles. The summed E-state index contributed by atoms with van der Waals surface area (Å²) in [6, 6.07) is 51.8. The lowest BCUT2D eigenvalue weighted by molar-refractivity contribution is 0.0509. The summed E-state index contributed by atoms with van der Waals surface area (Å²) in [5.74, 6) is -1.01. The Hall–Kier alpha value is -5.81. The predicted molar refractivity (Wildman–Crippen MR) is 184 cm³/mol. The molecule has 0 unspecified atom stereocenters. The Bertz CT molecular complexity index is 1960. The Morgan fingerprint density at radius 3 is 1.43 bits per heavy atom. The van der Waals surface area contributed by atoms with E-state index < -0.39 is 12.1 Å². The molecule has 1 aliphatic rings. The van der Waals surface area contributed by atoms with Gasteiger partial charge in [0.05, 0.1) is 12.2 Å². The van der Waals surface area contributed by atoms with Gasteiger partial charge in [-0.1, -0.05) is 140 Å². The number of hydrogen-bond acceptors (Lipinski definition) is 4. The SMILES string of the molecule is O=C(OCCc1ccc([B-](c2ccccc2)(c2ccccc2)c2ccccc2)cc1)c1ccc2c(c1)C(=O)c1ccccc1C2=O. The van der Waals surface area contributed by atoms with Crippen molar-refractivity contribution in [2.75, 3.05) is 6.61 Å². The number of fused-ring (bicyclic) bond motifs is 2. The summed E-state index contributed by atoms with van der Waals surface area (Å²) in [5.41, 5.74) is 7.45. The molecule has 0 amide bonds. The van der Waals surface area contributed by atoms with Gasteiger partial charge < -0.3 is 4.74 Å². The highest BCUT2D eigenvalue weighted by atomic mass is 16.5. The molecule has 222 valence electrons. The smallest absolute Gasteiger partial charge is 0.338 e. The van der Waals surface area contributed by atoms with E-state index in [0.717, 1.165) is 5.56 Å². The third kappa shape index (κ3) is 5.06. The Morgan fingerprint density at radius 2 is 0.913 bits per heavy atom. The topological polar surface area (TPSA) is 60.4 Å². The molecular formula is C41H30BO4-. The molecule has 7 rings (SSSR count). The number of ether oxygens (including phenoxy) is 1. The van der Waals surface area contributed by atoms with E-state index in [1.807, 2.05) is 18.2 Å². The molecule has 1 aliphatic carbocycles. The average Bonchev–Trinajstić information content (AvgIpc) is 3.13. The minimum atomic E-state index is -1.46. The fourth-order valence-corrected chi connectivity index (χ4v) is 6.92. The second kappa shape index (κ2) is 12.3. The molecule has 6 aromatic rings. The van der Waals surface area contributed by atoms with Gasteiger partial charge in [-0.2, -0.15) is 21.9 Å². The summed E-state index contributed by atoms with van der Waals surface area (Å²) < 4.78 is 5.63. The number of ketones is 2. The zero-order valence-electron chi connectivity index (χ0n) is 25.1. The monoisotopic (exact) mass is 597 g/mol. The van der Waals surface area contributed by atoms with Gasteiger partial charge >= 0.3 is 5.97 Å². The van der Waals surface area contributed by atoms with Gasteiger partial charge in [-0.25, -0.2) is 4.79 Å².